The number of amides is 3. The lowest BCUT2D eigenvalue weighted by molar-refractivity contribution is -0.137. The van der Waals surface area contributed by atoms with Crippen LogP contribution in [0.2, 0.25) is 0 Å². The van der Waals surface area contributed by atoms with Gasteiger partial charge in [0.1, 0.15) is 0 Å². The molecule has 0 bridgehead atoms. The molecule has 0 aliphatic carbocycles. The SMILES string of the molecule is CCCNC(=O)Nc1cccc(S(=O)(=O)Nc2cccc([C@@H](CC(=O)O)NC(=O)OCC)c2)c1. The molecule has 34 heavy (non-hydrogen) atoms. The molecule has 12 heteroatoms. The standard InChI is InChI=1S/C22H28N4O7S/c1-3-11-23-21(29)24-16-8-6-10-18(13-16)34(31,32)26-17-9-5-7-15(12-17)19(14-20(27)28)25-22(30)33-4-2/h5-10,12-13,19,26H,3-4,11,14H2,1-2H3,(H,25,30)(H,27,28)(H2,23,24,29)/t19-/m1/s1. The maximum Gasteiger partial charge on any atom is 0.407 e. The van der Waals surface area contributed by atoms with E-state index in [1.165, 1.54) is 36.4 Å². The largest absolute Gasteiger partial charge is 0.481 e. The number of benzene rings is 2. The highest BCUT2D eigenvalue weighted by Gasteiger charge is 2.21. The Labute approximate surface area is 197 Å². The molecule has 1 atom stereocenters. The van der Waals surface area contributed by atoms with Crippen LogP contribution >= 0.6 is 0 Å². The summed E-state index contributed by atoms with van der Waals surface area (Å²) < 4.78 is 33.1. The van der Waals surface area contributed by atoms with Gasteiger partial charge in [-0.25, -0.2) is 18.0 Å². The molecule has 0 saturated heterocycles. The zero-order valence-electron chi connectivity index (χ0n) is 18.8. The monoisotopic (exact) mass is 492 g/mol. The summed E-state index contributed by atoms with van der Waals surface area (Å²) in [4.78, 5) is 34.8. The summed E-state index contributed by atoms with van der Waals surface area (Å²) in [6.45, 7) is 4.11. The second-order valence-electron chi connectivity index (χ2n) is 7.15. The van der Waals surface area contributed by atoms with E-state index in [1.807, 2.05) is 6.92 Å². The minimum Gasteiger partial charge on any atom is -0.481 e. The highest BCUT2D eigenvalue weighted by molar-refractivity contribution is 7.92. The Kier molecular flexibility index (Phi) is 9.68. The Morgan fingerprint density at radius 1 is 1.03 bits per heavy atom. The topological polar surface area (TPSA) is 163 Å². The van der Waals surface area contributed by atoms with Gasteiger partial charge in [0.2, 0.25) is 0 Å². The maximum absolute atomic E-state index is 12.9. The Bertz CT molecular complexity index is 1120. The number of nitrogens with one attached hydrogen (secondary N) is 4. The molecule has 0 unspecified atom stereocenters. The fourth-order valence-electron chi connectivity index (χ4n) is 2.93. The number of ether oxygens (including phenoxy) is 1. The molecular weight excluding hydrogens is 464 g/mol. The second kappa shape index (κ2) is 12.4. The molecule has 0 aliphatic rings. The van der Waals surface area contributed by atoms with Gasteiger partial charge in [-0.05, 0) is 49.2 Å². The number of rotatable bonds is 11. The number of carbonyl (C=O) groups is 3. The van der Waals surface area contributed by atoms with Crippen molar-refractivity contribution in [2.45, 2.75) is 37.6 Å². The fourth-order valence-corrected chi connectivity index (χ4v) is 4.02. The van der Waals surface area contributed by atoms with Crippen LogP contribution in [-0.2, 0) is 19.6 Å². The summed E-state index contributed by atoms with van der Waals surface area (Å²) in [6, 6.07) is 10.4. The molecule has 3 amide bonds. The van der Waals surface area contributed by atoms with Crippen molar-refractivity contribution in [3.05, 3.63) is 54.1 Å². The Balaban J connectivity index is 2.22. The molecule has 2 aromatic carbocycles. The lowest BCUT2D eigenvalue weighted by atomic mass is 10.0. The van der Waals surface area contributed by atoms with Crippen LogP contribution in [0.4, 0.5) is 21.0 Å². The van der Waals surface area contributed by atoms with Crippen LogP contribution in [0.15, 0.2) is 53.4 Å². The Morgan fingerprint density at radius 3 is 2.41 bits per heavy atom. The van der Waals surface area contributed by atoms with Gasteiger partial charge in [0.25, 0.3) is 10.0 Å². The average Bonchev–Trinajstić information content (AvgIpc) is 2.77. The number of carboxylic acid groups (broad SMARTS) is 1. The second-order valence-corrected chi connectivity index (χ2v) is 8.84. The average molecular weight is 493 g/mol. The molecule has 0 spiro atoms. The number of carbonyl (C=O) groups excluding carboxylic acids is 2. The van der Waals surface area contributed by atoms with Crippen LogP contribution in [0.1, 0.15) is 38.3 Å². The first kappa shape index (κ1) is 26.5. The number of alkyl carbamates (subject to hydrolysis) is 1. The van der Waals surface area contributed by atoms with E-state index in [0.717, 1.165) is 6.42 Å². The summed E-state index contributed by atoms with van der Waals surface area (Å²) in [7, 11) is -4.04. The Morgan fingerprint density at radius 2 is 1.74 bits per heavy atom. The molecule has 11 nitrogen and oxygen atoms in total. The molecular formula is C22H28N4O7S. The molecule has 2 aromatic rings. The maximum atomic E-state index is 12.9. The molecule has 0 heterocycles. The number of carboxylic acids is 1. The van der Waals surface area contributed by atoms with E-state index in [4.69, 9.17) is 4.74 Å². The van der Waals surface area contributed by atoms with E-state index in [0.29, 0.717) is 17.8 Å². The highest BCUT2D eigenvalue weighted by atomic mass is 32.2. The minimum absolute atomic E-state index is 0.0853. The third-order valence-electron chi connectivity index (χ3n) is 4.43. The van der Waals surface area contributed by atoms with Crippen LogP contribution in [0, 0.1) is 0 Å². The van der Waals surface area contributed by atoms with Gasteiger partial charge in [-0.15, -0.1) is 0 Å². The first-order valence-corrected chi connectivity index (χ1v) is 12.1. The van der Waals surface area contributed by atoms with Gasteiger partial charge in [0, 0.05) is 17.9 Å². The summed E-state index contributed by atoms with van der Waals surface area (Å²) in [5.74, 6) is -1.15. The summed E-state index contributed by atoms with van der Waals surface area (Å²) in [5, 5.41) is 16.9. The van der Waals surface area contributed by atoms with Gasteiger partial charge in [0.15, 0.2) is 0 Å². The smallest absolute Gasteiger partial charge is 0.407 e. The predicted molar refractivity (Wildman–Crippen MR) is 126 cm³/mol. The van der Waals surface area contributed by atoms with E-state index in [2.05, 4.69) is 20.7 Å². The summed E-state index contributed by atoms with van der Waals surface area (Å²) in [6.07, 6.45) is -0.456. The number of hydrogen-bond donors (Lipinski definition) is 5. The van der Waals surface area contributed by atoms with Crippen LogP contribution in [0.25, 0.3) is 0 Å². The minimum atomic E-state index is -4.04. The van der Waals surface area contributed by atoms with Crippen molar-refractivity contribution < 1.29 is 32.6 Å². The third kappa shape index (κ3) is 8.28. The Hall–Kier alpha value is -3.80. The molecule has 184 valence electrons. The van der Waals surface area contributed by atoms with Crippen LogP contribution in [0.3, 0.4) is 0 Å². The van der Waals surface area contributed by atoms with E-state index in [-0.39, 0.29) is 17.2 Å². The zero-order valence-corrected chi connectivity index (χ0v) is 19.6. The number of hydrogen-bond acceptors (Lipinski definition) is 6. The van der Waals surface area contributed by atoms with E-state index < -0.39 is 40.6 Å². The highest BCUT2D eigenvalue weighted by Crippen LogP contribution is 2.24. The lowest BCUT2D eigenvalue weighted by Crippen LogP contribution is -2.30. The molecule has 5 N–H and O–H groups in total. The van der Waals surface area contributed by atoms with Gasteiger partial charge in [-0.1, -0.05) is 25.1 Å². The van der Waals surface area contributed by atoms with Crippen molar-refractivity contribution in [3.8, 4) is 0 Å². The number of aliphatic carboxylic acids is 1. The van der Waals surface area contributed by atoms with E-state index in [1.54, 1.807) is 19.1 Å². The van der Waals surface area contributed by atoms with Crippen LogP contribution < -0.4 is 20.7 Å². The molecule has 0 saturated carbocycles. The van der Waals surface area contributed by atoms with Crippen molar-refractivity contribution in [1.82, 2.24) is 10.6 Å². The normalized spacial score (nSPS) is 11.7. The van der Waals surface area contributed by atoms with Gasteiger partial charge in [0.05, 0.1) is 24.0 Å². The molecule has 0 aliphatic heterocycles. The van der Waals surface area contributed by atoms with E-state index in [9.17, 15) is 27.9 Å². The molecule has 0 aromatic heterocycles. The zero-order chi connectivity index (χ0) is 25.1. The fraction of sp³-hybridized carbons (Fsp3) is 0.318. The lowest BCUT2D eigenvalue weighted by Gasteiger charge is -2.18. The summed E-state index contributed by atoms with van der Waals surface area (Å²) in [5.41, 5.74) is 0.835. The van der Waals surface area contributed by atoms with Gasteiger partial charge in [-0.3, -0.25) is 9.52 Å². The van der Waals surface area contributed by atoms with E-state index >= 15 is 0 Å². The van der Waals surface area contributed by atoms with Crippen molar-refractivity contribution in [2.75, 3.05) is 23.2 Å². The predicted octanol–water partition coefficient (Wildman–Crippen LogP) is 3.28. The van der Waals surface area contributed by atoms with Gasteiger partial charge >= 0.3 is 18.1 Å². The van der Waals surface area contributed by atoms with Gasteiger partial charge in [-0.2, -0.15) is 0 Å². The van der Waals surface area contributed by atoms with Crippen molar-refractivity contribution in [3.63, 3.8) is 0 Å². The van der Waals surface area contributed by atoms with Crippen LogP contribution in [-0.4, -0.2) is 44.8 Å². The number of anilines is 2. The van der Waals surface area contributed by atoms with Crippen LogP contribution in [0.5, 0.6) is 0 Å². The molecule has 0 radical (unpaired) electrons. The van der Waals surface area contributed by atoms with Crippen molar-refractivity contribution in [2.24, 2.45) is 0 Å². The van der Waals surface area contributed by atoms with Crippen molar-refractivity contribution in [1.29, 1.82) is 0 Å². The van der Waals surface area contributed by atoms with Gasteiger partial charge < -0.3 is 25.8 Å². The summed E-state index contributed by atoms with van der Waals surface area (Å²) >= 11 is 0. The quantitative estimate of drug-likeness (QED) is 0.321. The number of urea groups is 1. The van der Waals surface area contributed by atoms with Crippen molar-refractivity contribution >= 4 is 39.5 Å². The number of sulfonamides is 1. The molecule has 0 fully saturated rings. The third-order valence-corrected chi connectivity index (χ3v) is 5.80. The first-order chi connectivity index (χ1) is 16.1. The molecule has 2 rings (SSSR count). The first-order valence-electron chi connectivity index (χ1n) is 10.6.